The molecule has 0 fully saturated rings. The summed E-state index contributed by atoms with van der Waals surface area (Å²) in [5.41, 5.74) is 1.96. The van der Waals surface area contributed by atoms with Crippen molar-refractivity contribution in [2.24, 2.45) is 0 Å². The van der Waals surface area contributed by atoms with Crippen LogP contribution < -0.4 is 0 Å². The van der Waals surface area contributed by atoms with Gasteiger partial charge in [-0.15, -0.1) is 0 Å². The maximum absolute atomic E-state index is 8.98. The van der Waals surface area contributed by atoms with Crippen LogP contribution in [0.2, 0.25) is 10.0 Å². The average molecular weight is 237 g/mol. The van der Waals surface area contributed by atoms with Gasteiger partial charge in [0, 0.05) is 16.1 Å². The third-order valence-corrected chi connectivity index (χ3v) is 2.59. The molecule has 0 radical (unpaired) electrons. The minimum absolute atomic E-state index is 0.460. The zero-order valence-corrected chi connectivity index (χ0v) is 9.39. The number of nitrogens with zero attached hydrogens (tertiary/aromatic N) is 2. The van der Waals surface area contributed by atoms with E-state index in [0.717, 1.165) is 5.69 Å². The largest absolute Gasteiger partial charge is 0.253 e. The van der Waals surface area contributed by atoms with Gasteiger partial charge in [0.1, 0.15) is 0 Å². The highest BCUT2D eigenvalue weighted by molar-refractivity contribution is 6.38. The van der Waals surface area contributed by atoms with Crippen LogP contribution in [0.25, 0.3) is 10.9 Å². The first-order chi connectivity index (χ1) is 7.11. The molecular formula is C11H6Cl2N2. The average Bonchev–Trinajstić information content (AvgIpc) is 2.14. The maximum Gasteiger partial charge on any atom is 0.1000 e. The van der Waals surface area contributed by atoms with Gasteiger partial charge in [0.05, 0.1) is 22.2 Å². The van der Waals surface area contributed by atoms with Crippen LogP contribution in [0.5, 0.6) is 0 Å². The normalized spacial score (nSPS) is 10.3. The lowest BCUT2D eigenvalue weighted by molar-refractivity contribution is 1.25. The van der Waals surface area contributed by atoms with Crippen LogP contribution in [0.15, 0.2) is 18.2 Å². The van der Waals surface area contributed by atoms with Crippen molar-refractivity contribution in [1.82, 2.24) is 4.98 Å². The summed E-state index contributed by atoms with van der Waals surface area (Å²) in [4.78, 5) is 4.29. The SMILES string of the molecule is Cc1cc(C#N)c2c(Cl)cc(Cl)cc2n1. The van der Waals surface area contributed by atoms with Crippen LogP contribution >= 0.6 is 23.2 Å². The number of nitriles is 1. The molecule has 15 heavy (non-hydrogen) atoms. The van der Waals surface area contributed by atoms with Crippen molar-refractivity contribution in [3.05, 3.63) is 39.5 Å². The van der Waals surface area contributed by atoms with Gasteiger partial charge in [-0.2, -0.15) is 5.26 Å². The van der Waals surface area contributed by atoms with Crippen LogP contribution in [-0.2, 0) is 0 Å². The molecule has 0 amide bonds. The van der Waals surface area contributed by atoms with Gasteiger partial charge < -0.3 is 0 Å². The van der Waals surface area contributed by atoms with Gasteiger partial charge in [0.15, 0.2) is 0 Å². The van der Waals surface area contributed by atoms with Gasteiger partial charge in [0.2, 0.25) is 0 Å². The van der Waals surface area contributed by atoms with Crippen molar-refractivity contribution in [2.45, 2.75) is 6.92 Å². The van der Waals surface area contributed by atoms with E-state index in [-0.39, 0.29) is 0 Å². The Labute approximate surface area is 97.1 Å². The topological polar surface area (TPSA) is 36.7 Å². The summed E-state index contributed by atoms with van der Waals surface area (Å²) in [5, 5.41) is 10.6. The Bertz CT molecular complexity index is 580. The highest BCUT2D eigenvalue weighted by Gasteiger charge is 2.08. The second-order valence-electron chi connectivity index (χ2n) is 3.20. The number of fused-ring (bicyclic) bond motifs is 1. The van der Waals surface area contributed by atoms with Gasteiger partial charge in [-0.3, -0.25) is 4.98 Å². The lowest BCUT2D eigenvalue weighted by atomic mass is 10.1. The molecular weight excluding hydrogens is 231 g/mol. The minimum Gasteiger partial charge on any atom is -0.253 e. The van der Waals surface area contributed by atoms with E-state index in [1.165, 1.54) is 0 Å². The third-order valence-electron chi connectivity index (χ3n) is 2.07. The fourth-order valence-corrected chi connectivity index (χ4v) is 2.09. The van der Waals surface area contributed by atoms with Crippen molar-refractivity contribution in [3.8, 4) is 6.07 Å². The molecule has 2 nitrogen and oxygen atoms in total. The zero-order chi connectivity index (χ0) is 11.0. The van der Waals surface area contributed by atoms with Crippen LogP contribution in [0.1, 0.15) is 11.3 Å². The molecule has 0 aliphatic heterocycles. The van der Waals surface area contributed by atoms with Crippen molar-refractivity contribution in [2.75, 3.05) is 0 Å². The summed E-state index contributed by atoms with van der Waals surface area (Å²) >= 11 is 11.9. The van der Waals surface area contributed by atoms with E-state index in [1.807, 2.05) is 6.92 Å². The first kappa shape index (κ1) is 10.2. The first-order valence-electron chi connectivity index (χ1n) is 4.28. The minimum atomic E-state index is 0.460. The monoisotopic (exact) mass is 236 g/mol. The second kappa shape index (κ2) is 3.69. The van der Waals surface area contributed by atoms with Crippen LogP contribution in [0, 0.1) is 18.3 Å². The highest BCUT2D eigenvalue weighted by atomic mass is 35.5. The Morgan fingerprint density at radius 1 is 1.27 bits per heavy atom. The molecule has 0 saturated carbocycles. The zero-order valence-electron chi connectivity index (χ0n) is 7.88. The Balaban J connectivity index is 2.98. The first-order valence-corrected chi connectivity index (χ1v) is 5.04. The maximum atomic E-state index is 8.98. The van der Waals surface area contributed by atoms with E-state index in [4.69, 9.17) is 28.5 Å². The summed E-state index contributed by atoms with van der Waals surface area (Å²) in [7, 11) is 0. The molecule has 4 heteroatoms. The van der Waals surface area contributed by atoms with Crippen molar-refractivity contribution in [3.63, 3.8) is 0 Å². The van der Waals surface area contributed by atoms with Crippen molar-refractivity contribution >= 4 is 34.1 Å². The number of aryl methyl sites for hydroxylation is 1. The van der Waals surface area contributed by atoms with E-state index < -0.39 is 0 Å². The fourth-order valence-electron chi connectivity index (χ4n) is 1.51. The summed E-state index contributed by atoms with van der Waals surface area (Å²) < 4.78 is 0. The molecule has 0 atom stereocenters. The van der Waals surface area contributed by atoms with Gasteiger partial charge in [-0.1, -0.05) is 23.2 Å². The molecule has 0 N–H and O–H groups in total. The fraction of sp³-hybridized carbons (Fsp3) is 0.0909. The predicted octanol–water partition coefficient (Wildman–Crippen LogP) is 3.72. The predicted molar refractivity (Wildman–Crippen MR) is 61.2 cm³/mol. The summed E-state index contributed by atoms with van der Waals surface area (Å²) in [6, 6.07) is 7.13. The molecule has 0 saturated heterocycles. The molecule has 0 spiro atoms. The number of rotatable bonds is 0. The standard InChI is InChI=1S/C11H6Cl2N2/c1-6-2-7(5-14)11-9(13)3-8(12)4-10(11)15-6/h2-4H,1H3. The van der Waals surface area contributed by atoms with Crippen LogP contribution in [0.4, 0.5) is 0 Å². The molecule has 74 valence electrons. The van der Waals surface area contributed by atoms with E-state index in [0.29, 0.717) is 26.5 Å². The molecule has 0 aliphatic rings. The quantitative estimate of drug-likeness (QED) is 0.700. The third kappa shape index (κ3) is 1.77. The summed E-state index contributed by atoms with van der Waals surface area (Å²) in [6.45, 7) is 1.83. The summed E-state index contributed by atoms with van der Waals surface area (Å²) in [5.74, 6) is 0. The molecule has 1 heterocycles. The van der Waals surface area contributed by atoms with Gasteiger partial charge in [-0.25, -0.2) is 0 Å². The Hall–Kier alpha value is -1.30. The van der Waals surface area contributed by atoms with Gasteiger partial charge >= 0.3 is 0 Å². The van der Waals surface area contributed by atoms with Gasteiger partial charge in [-0.05, 0) is 25.1 Å². The smallest absolute Gasteiger partial charge is 0.1000 e. The number of pyridine rings is 1. The molecule has 0 aliphatic carbocycles. The molecule has 0 bridgehead atoms. The van der Waals surface area contributed by atoms with E-state index >= 15 is 0 Å². The molecule has 1 aromatic carbocycles. The van der Waals surface area contributed by atoms with Crippen LogP contribution in [-0.4, -0.2) is 4.98 Å². The molecule has 0 unspecified atom stereocenters. The lowest BCUT2D eigenvalue weighted by Gasteiger charge is -2.04. The molecule has 2 aromatic rings. The van der Waals surface area contributed by atoms with Crippen molar-refractivity contribution < 1.29 is 0 Å². The Kier molecular flexibility index (Phi) is 2.52. The van der Waals surface area contributed by atoms with Crippen LogP contribution in [0.3, 0.4) is 0 Å². The lowest BCUT2D eigenvalue weighted by Crippen LogP contribution is -1.89. The number of benzene rings is 1. The Morgan fingerprint density at radius 2 is 2.00 bits per heavy atom. The highest BCUT2D eigenvalue weighted by Crippen LogP contribution is 2.29. The van der Waals surface area contributed by atoms with Crippen molar-refractivity contribution in [1.29, 1.82) is 5.26 Å². The number of hydrogen-bond donors (Lipinski definition) is 0. The van der Waals surface area contributed by atoms with E-state index in [9.17, 15) is 0 Å². The number of halogens is 2. The number of hydrogen-bond acceptors (Lipinski definition) is 2. The molecule has 1 aromatic heterocycles. The van der Waals surface area contributed by atoms with E-state index in [2.05, 4.69) is 11.1 Å². The Morgan fingerprint density at radius 3 is 2.67 bits per heavy atom. The number of aromatic nitrogens is 1. The second-order valence-corrected chi connectivity index (χ2v) is 4.05. The van der Waals surface area contributed by atoms with Gasteiger partial charge in [0.25, 0.3) is 0 Å². The van der Waals surface area contributed by atoms with E-state index in [1.54, 1.807) is 18.2 Å². The molecule has 2 rings (SSSR count). The summed E-state index contributed by atoms with van der Waals surface area (Å²) in [6.07, 6.45) is 0.